The number of nitrogens with zero attached hydrogens (tertiary/aromatic N) is 2. The van der Waals surface area contributed by atoms with Crippen LogP contribution in [0.15, 0.2) is 0 Å². The Morgan fingerprint density at radius 1 is 1.90 bits per heavy atom. The fraction of sp³-hybridized carbons (Fsp3) is 0.667. The first-order valence-electron chi connectivity index (χ1n) is 3.13. The molecule has 1 heterocycles. The maximum atomic E-state index is 10.6. The fourth-order valence-electron chi connectivity index (χ4n) is 0.946. The number of hydrogen-bond acceptors (Lipinski definition) is 3. The van der Waals surface area contributed by atoms with Gasteiger partial charge in [-0.05, 0) is 0 Å². The van der Waals surface area contributed by atoms with Gasteiger partial charge in [0, 0.05) is 20.0 Å². The van der Waals surface area contributed by atoms with Gasteiger partial charge in [0.15, 0.2) is 6.19 Å². The summed E-state index contributed by atoms with van der Waals surface area (Å²) in [6.45, 7) is 0.600. The smallest absolute Gasteiger partial charge is 0.222 e. The number of likely N-dealkylation sites (N-methyl/N-ethyl adjacent to an activating group) is 1. The molecule has 4 heteroatoms. The lowest BCUT2D eigenvalue weighted by molar-refractivity contribution is -0.119. The average Bonchev–Trinajstić information content (AvgIpc) is 2.34. The Bertz CT molecular complexity index is 184. The molecule has 1 unspecified atom stereocenters. The van der Waals surface area contributed by atoms with Crippen LogP contribution in [0, 0.1) is 11.5 Å². The van der Waals surface area contributed by atoms with E-state index in [1.54, 1.807) is 7.05 Å². The summed E-state index contributed by atoms with van der Waals surface area (Å²) in [5.74, 6) is 0.0344. The van der Waals surface area contributed by atoms with Crippen molar-refractivity contribution in [2.24, 2.45) is 0 Å². The van der Waals surface area contributed by atoms with E-state index in [4.69, 9.17) is 5.26 Å². The van der Waals surface area contributed by atoms with E-state index < -0.39 is 0 Å². The molecule has 1 atom stereocenters. The van der Waals surface area contributed by atoms with Crippen LogP contribution in [-0.2, 0) is 4.79 Å². The summed E-state index contributed by atoms with van der Waals surface area (Å²) in [5.41, 5.74) is 0. The van der Waals surface area contributed by atoms with E-state index >= 15 is 0 Å². The minimum Gasteiger partial charge on any atom is -0.354 e. The van der Waals surface area contributed by atoms with Gasteiger partial charge < -0.3 is 10.2 Å². The molecule has 0 aromatic carbocycles. The summed E-state index contributed by atoms with van der Waals surface area (Å²) < 4.78 is 0. The topological polar surface area (TPSA) is 56.1 Å². The van der Waals surface area contributed by atoms with Crippen LogP contribution in [0.25, 0.3) is 0 Å². The Labute approximate surface area is 59.4 Å². The molecular weight excluding hydrogens is 130 g/mol. The van der Waals surface area contributed by atoms with Gasteiger partial charge in [-0.1, -0.05) is 0 Å². The molecule has 1 rings (SSSR count). The molecule has 0 aliphatic carbocycles. The van der Waals surface area contributed by atoms with Gasteiger partial charge in [0.25, 0.3) is 0 Å². The summed E-state index contributed by atoms with van der Waals surface area (Å²) in [7, 11) is 1.69. The minimum absolute atomic E-state index is 0.0344. The quantitative estimate of drug-likeness (QED) is 0.385. The van der Waals surface area contributed by atoms with E-state index in [1.165, 1.54) is 4.90 Å². The molecule has 1 aliphatic heterocycles. The minimum atomic E-state index is 0.0344. The second-order valence-electron chi connectivity index (χ2n) is 2.37. The highest BCUT2D eigenvalue weighted by Crippen LogP contribution is 2.04. The van der Waals surface area contributed by atoms with Gasteiger partial charge in [0.2, 0.25) is 5.91 Å². The first-order chi connectivity index (χ1) is 4.74. The number of rotatable bonds is 1. The van der Waals surface area contributed by atoms with Gasteiger partial charge in [0.05, 0.1) is 6.04 Å². The Balaban J connectivity index is 2.46. The van der Waals surface area contributed by atoms with Crippen LogP contribution in [0.5, 0.6) is 0 Å². The molecule has 10 heavy (non-hydrogen) atoms. The standard InChI is InChI=1S/C6H9N3O/c1-9(4-7)5-2-6(10)8-3-5/h5H,2-3H2,1H3,(H,8,10). The van der Waals surface area contributed by atoms with Crippen LogP contribution in [0.4, 0.5) is 0 Å². The highest BCUT2D eigenvalue weighted by atomic mass is 16.1. The summed E-state index contributed by atoms with van der Waals surface area (Å²) in [6.07, 6.45) is 2.42. The van der Waals surface area contributed by atoms with Gasteiger partial charge in [-0.2, -0.15) is 5.26 Å². The molecule has 4 nitrogen and oxygen atoms in total. The molecule has 1 N–H and O–H groups in total. The molecule has 0 aromatic heterocycles. The van der Waals surface area contributed by atoms with Crippen molar-refractivity contribution >= 4 is 5.91 Å². The van der Waals surface area contributed by atoms with Crippen LogP contribution < -0.4 is 5.32 Å². The van der Waals surface area contributed by atoms with Crippen molar-refractivity contribution in [1.29, 1.82) is 5.26 Å². The SMILES string of the molecule is CN(C#N)C1CNC(=O)C1. The summed E-state index contributed by atoms with van der Waals surface area (Å²) in [5, 5.41) is 11.1. The Morgan fingerprint density at radius 2 is 2.60 bits per heavy atom. The van der Waals surface area contributed by atoms with Crippen molar-refractivity contribution in [3.63, 3.8) is 0 Å². The Morgan fingerprint density at radius 3 is 3.00 bits per heavy atom. The highest BCUT2D eigenvalue weighted by Gasteiger charge is 2.24. The van der Waals surface area contributed by atoms with E-state index in [0.717, 1.165) is 0 Å². The Kier molecular flexibility index (Phi) is 1.76. The third kappa shape index (κ3) is 1.18. The molecular formula is C6H9N3O. The maximum absolute atomic E-state index is 10.6. The van der Waals surface area contributed by atoms with Crippen LogP contribution in [0.1, 0.15) is 6.42 Å². The van der Waals surface area contributed by atoms with Crippen LogP contribution in [0.2, 0.25) is 0 Å². The third-order valence-corrected chi connectivity index (χ3v) is 1.66. The van der Waals surface area contributed by atoms with Crippen LogP contribution >= 0.6 is 0 Å². The molecule has 0 aromatic rings. The zero-order chi connectivity index (χ0) is 7.56. The molecule has 54 valence electrons. The van der Waals surface area contributed by atoms with Gasteiger partial charge in [-0.3, -0.25) is 4.79 Å². The second kappa shape index (κ2) is 2.56. The van der Waals surface area contributed by atoms with Gasteiger partial charge in [-0.25, -0.2) is 0 Å². The summed E-state index contributed by atoms with van der Waals surface area (Å²) in [6, 6.07) is 0.0671. The predicted octanol–water partition coefficient (Wildman–Crippen LogP) is -0.712. The lowest BCUT2D eigenvalue weighted by Crippen LogP contribution is -2.29. The number of carbonyl (C=O) groups excluding carboxylic acids is 1. The summed E-state index contributed by atoms with van der Waals surface area (Å²) in [4.78, 5) is 12.1. The van der Waals surface area contributed by atoms with Crippen molar-refractivity contribution < 1.29 is 4.79 Å². The zero-order valence-corrected chi connectivity index (χ0v) is 5.79. The van der Waals surface area contributed by atoms with Gasteiger partial charge in [-0.15, -0.1) is 0 Å². The molecule has 0 bridgehead atoms. The highest BCUT2D eigenvalue weighted by molar-refractivity contribution is 5.78. The summed E-state index contributed by atoms with van der Waals surface area (Å²) >= 11 is 0. The monoisotopic (exact) mass is 139 g/mol. The second-order valence-corrected chi connectivity index (χ2v) is 2.37. The van der Waals surface area contributed by atoms with Crippen molar-refractivity contribution in [2.75, 3.05) is 13.6 Å². The number of nitriles is 1. The maximum Gasteiger partial charge on any atom is 0.222 e. The van der Waals surface area contributed by atoms with Crippen LogP contribution in [-0.4, -0.2) is 30.4 Å². The lowest BCUT2D eigenvalue weighted by Gasteiger charge is -2.14. The Hall–Kier alpha value is -1.24. The van der Waals surface area contributed by atoms with Crippen molar-refractivity contribution in [2.45, 2.75) is 12.5 Å². The molecule has 1 amide bonds. The predicted molar refractivity (Wildman–Crippen MR) is 34.8 cm³/mol. The van der Waals surface area contributed by atoms with Gasteiger partial charge >= 0.3 is 0 Å². The molecule has 1 saturated heterocycles. The number of nitrogens with one attached hydrogen (secondary N) is 1. The number of carbonyl (C=O) groups is 1. The van der Waals surface area contributed by atoms with Gasteiger partial charge in [0.1, 0.15) is 0 Å². The average molecular weight is 139 g/mol. The largest absolute Gasteiger partial charge is 0.354 e. The van der Waals surface area contributed by atoms with E-state index in [0.29, 0.717) is 13.0 Å². The first kappa shape index (κ1) is 6.87. The lowest BCUT2D eigenvalue weighted by atomic mass is 10.2. The van der Waals surface area contributed by atoms with E-state index in [9.17, 15) is 4.79 Å². The molecule has 0 radical (unpaired) electrons. The van der Waals surface area contributed by atoms with E-state index in [-0.39, 0.29) is 11.9 Å². The number of hydrogen-bond donors (Lipinski definition) is 1. The third-order valence-electron chi connectivity index (χ3n) is 1.66. The molecule has 1 fully saturated rings. The van der Waals surface area contributed by atoms with E-state index in [2.05, 4.69) is 5.32 Å². The molecule has 0 spiro atoms. The van der Waals surface area contributed by atoms with Crippen molar-refractivity contribution in [3.8, 4) is 6.19 Å². The zero-order valence-electron chi connectivity index (χ0n) is 5.79. The number of amides is 1. The van der Waals surface area contributed by atoms with Crippen molar-refractivity contribution in [3.05, 3.63) is 0 Å². The molecule has 1 aliphatic rings. The van der Waals surface area contributed by atoms with Crippen molar-refractivity contribution in [1.82, 2.24) is 10.2 Å². The fourth-order valence-corrected chi connectivity index (χ4v) is 0.946. The van der Waals surface area contributed by atoms with E-state index in [1.807, 2.05) is 6.19 Å². The van der Waals surface area contributed by atoms with Crippen LogP contribution in [0.3, 0.4) is 0 Å². The first-order valence-corrected chi connectivity index (χ1v) is 3.13. The normalized spacial score (nSPS) is 23.6. The molecule has 0 saturated carbocycles.